The van der Waals surface area contributed by atoms with Crippen LogP contribution in [0.4, 0.5) is 0 Å². The highest BCUT2D eigenvalue weighted by Gasteiger charge is 2.19. The number of aliphatic imine (C=N–C) groups is 1. The Morgan fingerprint density at radius 1 is 1.32 bits per heavy atom. The molecule has 2 rings (SSSR count). The van der Waals surface area contributed by atoms with Crippen LogP contribution in [0, 0.1) is 5.92 Å². The third kappa shape index (κ3) is 7.41. The molecule has 1 atom stereocenters. The number of nitrogens with zero attached hydrogens (tertiary/aromatic N) is 2. The van der Waals surface area contributed by atoms with Crippen molar-refractivity contribution < 1.29 is 13.2 Å². The van der Waals surface area contributed by atoms with Crippen LogP contribution in [0.25, 0.3) is 0 Å². The van der Waals surface area contributed by atoms with Gasteiger partial charge in [0.15, 0.2) is 5.96 Å². The van der Waals surface area contributed by atoms with E-state index in [-0.39, 0.29) is 11.8 Å². The number of rotatable bonds is 9. The van der Waals surface area contributed by atoms with Gasteiger partial charge in [0.25, 0.3) is 0 Å². The maximum atomic E-state index is 12.3. The van der Waals surface area contributed by atoms with E-state index >= 15 is 0 Å². The average molecular weight is 411 g/mol. The van der Waals surface area contributed by atoms with Crippen molar-refractivity contribution in [2.24, 2.45) is 10.9 Å². The van der Waals surface area contributed by atoms with E-state index in [4.69, 9.17) is 9.73 Å². The number of hydrogen-bond donors (Lipinski definition) is 2. The van der Waals surface area contributed by atoms with Crippen molar-refractivity contribution in [3.63, 3.8) is 0 Å². The molecular weight excluding hydrogens is 376 g/mol. The molecule has 0 aliphatic carbocycles. The molecule has 1 fully saturated rings. The number of nitrogens with one attached hydrogen (secondary N) is 2. The zero-order chi connectivity index (χ0) is 20.6. The number of ether oxygens (including phenoxy) is 1. The van der Waals surface area contributed by atoms with Crippen molar-refractivity contribution in [1.29, 1.82) is 0 Å². The van der Waals surface area contributed by atoms with E-state index in [0.717, 1.165) is 49.8 Å². The van der Waals surface area contributed by atoms with Gasteiger partial charge in [0, 0.05) is 38.7 Å². The van der Waals surface area contributed by atoms with Crippen molar-refractivity contribution in [3.05, 3.63) is 35.4 Å². The topological polar surface area (TPSA) is 83.0 Å². The molecule has 1 aromatic rings. The summed E-state index contributed by atoms with van der Waals surface area (Å²) in [6.07, 6.45) is 1.08. The molecule has 1 aromatic carbocycles. The summed E-state index contributed by atoms with van der Waals surface area (Å²) in [5, 5.41) is 3.32. The number of hydrogen-bond acceptors (Lipinski definition) is 4. The van der Waals surface area contributed by atoms with Crippen LogP contribution in [0.15, 0.2) is 29.3 Å². The summed E-state index contributed by atoms with van der Waals surface area (Å²) < 4.78 is 32.8. The van der Waals surface area contributed by atoms with E-state index in [2.05, 4.69) is 14.9 Å². The van der Waals surface area contributed by atoms with Crippen LogP contribution in [-0.2, 0) is 27.1 Å². The number of guanidine groups is 1. The second-order valence-electron chi connectivity index (χ2n) is 7.58. The van der Waals surface area contributed by atoms with Crippen molar-refractivity contribution in [3.8, 4) is 0 Å². The molecular formula is C20H34N4O3S. The van der Waals surface area contributed by atoms with Crippen LogP contribution >= 0.6 is 0 Å². The van der Waals surface area contributed by atoms with E-state index in [1.165, 1.54) is 0 Å². The molecule has 0 saturated carbocycles. The minimum Gasteiger partial charge on any atom is -0.381 e. The second-order valence-corrected chi connectivity index (χ2v) is 9.33. The Kier molecular flexibility index (Phi) is 8.72. The van der Waals surface area contributed by atoms with Gasteiger partial charge in [0.05, 0.1) is 18.9 Å². The predicted octanol–water partition coefficient (Wildman–Crippen LogP) is 1.95. The Bertz CT molecular complexity index is 744. The third-order valence-electron chi connectivity index (χ3n) is 4.53. The third-order valence-corrected chi connectivity index (χ3v) is 6.05. The first-order chi connectivity index (χ1) is 13.3. The Morgan fingerprint density at radius 3 is 2.64 bits per heavy atom. The van der Waals surface area contributed by atoms with Crippen molar-refractivity contribution in [2.75, 3.05) is 33.4 Å². The van der Waals surface area contributed by atoms with Gasteiger partial charge < -0.3 is 15.0 Å². The largest absolute Gasteiger partial charge is 0.381 e. The van der Waals surface area contributed by atoms with Crippen LogP contribution < -0.4 is 10.0 Å². The first-order valence-electron chi connectivity index (χ1n) is 9.94. The van der Waals surface area contributed by atoms with Crippen LogP contribution in [0.2, 0.25) is 0 Å². The zero-order valence-corrected chi connectivity index (χ0v) is 18.3. The lowest BCUT2D eigenvalue weighted by Crippen LogP contribution is -2.41. The van der Waals surface area contributed by atoms with Gasteiger partial charge in [-0.1, -0.05) is 24.3 Å². The van der Waals surface area contributed by atoms with Crippen molar-refractivity contribution in [1.82, 2.24) is 14.9 Å². The van der Waals surface area contributed by atoms with Crippen LogP contribution in [0.1, 0.15) is 38.3 Å². The molecule has 7 nitrogen and oxygen atoms in total. The lowest BCUT2D eigenvalue weighted by Gasteiger charge is -2.24. The lowest BCUT2D eigenvalue weighted by atomic mass is 10.1. The maximum absolute atomic E-state index is 12.3. The highest BCUT2D eigenvalue weighted by molar-refractivity contribution is 7.88. The van der Waals surface area contributed by atoms with E-state index in [1.54, 1.807) is 0 Å². The van der Waals surface area contributed by atoms with Gasteiger partial charge in [0.2, 0.25) is 10.0 Å². The standard InChI is InChI=1S/C20H34N4O3S/c1-5-21-20(24(4)13-17-10-11-27-14-17)22-12-18-8-6-7-9-19(18)15-28(25,26)23-16(2)3/h6-9,16-17,23H,5,10-15H2,1-4H3,(H,21,22). The Balaban J connectivity index is 2.11. The van der Waals surface area contributed by atoms with Gasteiger partial charge in [-0.15, -0.1) is 0 Å². The molecule has 0 aromatic heterocycles. The minimum absolute atomic E-state index is 0.0390. The summed E-state index contributed by atoms with van der Waals surface area (Å²) in [6, 6.07) is 7.47. The normalized spacial score (nSPS) is 17.9. The fraction of sp³-hybridized carbons (Fsp3) is 0.650. The zero-order valence-electron chi connectivity index (χ0n) is 17.4. The monoisotopic (exact) mass is 410 g/mol. The van der Waals surface area contributed by atoms with E-state index < -0.39 is 10.0 Å². The molecule has 0 bridgehead atoms. The van der Waals surface area contributed by atoms with Gasteiger partial charge in [0.1, 0.15) is 0 Å². The molecule has 1 aliphatic rings. The fourth-order valence-electron chi connectivity index (χ4n) is 3.29. The Morgan fingerprint density at radius 2 is 2.04 bits per heavy atom. The van der Waals surface area contributed by atoms with Crippen molar-refractivity contribution >= 4 is 16.0 Å². The predicted molar refractivity (Wildman–Crippen MR) is 114 cm³/mol. The maximum Gasteiger partial charge on any atom is 0.216 e. The smallest absolute Gasteiger partial charge is 0.216 e. The summed E-state index contributed by atoms with van der Waals surface area (Å²) >= 11 is 0. The van der Waals surface area contributed by atoms with E-state index in [0.29, 0.717) is 12.5 Å². The Labute approximate surface area is 169 Å². The van der Waals surface area contributed by atoms with Crippen LogP contribution in [0.5, 0.6) is 0 Å². The molecule has 0 radical (unpaired) electrons. The molecule has 1 saturated heterocycles. The summed E-state index contributed by atoms with van der Waals surface area (Å²) in [6.45, 7) is 9.41. The van der Waals surface area contributed by atoms with Gasteiger partial charge in [-0.2, -0.15) is 0 Å². The average Bonchev–Trinajstić information content (AvgIpc) is 3.11. The van der Waals surface area contributed by atoms with E-state index in [9.17, 15) is 8.42 Å². The van der Waals surface area contributed by atoms with Gasteiger partial charge in [-0.05, 0) is 38.3 Å². The van der Waals surface area contributed by atoms with Gasteiger partial charge >= 0.3 is 0 Å². The van der Waals surface area contributed by atoms with Gasteiger partial charge in [-0.25, -0.2) is 18.1 Å². The number of benzene rings is 1. The molecule has 28 heavy (non-hydrogen) atoms. The molecule has 0 spiro atoms. The molecule has 0 amide bonds. The molecule has 158 valence electrons. The quantitative estimate of drug-likeness (QED) is 0.480. The summed E-state index contributed by atoms with van der Waals surface area (Å²) in [5.41, 5.74) is 1.70. The first-order valence-corrected chi connectivity index (χ1v) is 11.6. The minimum atomic E-state index is -3.38. The highest BCUT2D eigenvalue weighted by atomic mass is 32.2. The molecule has 8 heteroatoms. The second kappa shape index (κ2) is 10.8. The highest BCUT2D eigenvalue weighted by Crippen LogP contribution is 2.15. The number of sulfonamides is 1. The summed E-state index contributed by atoms with van der Waals surface area (Å²) in [5.74, 6) is 1.31. The first kappa shape index (κ1) is 22.6. The Hall–Kier alpha value is -1.64. The molecule has 1 heterocycles. The fourth-order valence-corrected chi connectivity index (χ4v) is 4.78. The molecule has 1 unspecified atom stereocenters. The SMILES string of the molecule is CCNC(=NCc1ccccc1CS(=O)(=O)NC(C)C)N(C)CC1CCOC1. The lowest BCUT2D eigenvalue weighted by molar-refractivity contribution is 0.181. The summed E-state index contributed by atoms with van der Waals surface area (Å²) in [7, 11) is -1.35. The van der Waals surface area contributed by atoms with Gasteiger partial charge in [-0.3, -0.25) is 0 Å². The van der Waals surface area contributed by atoms with Crippen LogP contribution in [0.3, 0.4) is 0 Å². The van der Waals surface area contributed by atoms with Crippen LogP contribution in [-0.4, -0.2) is 58.7 Å². The molecule has 1 aliphatic heterocycles. The van der Waals surface area contributed by atoms with E-state index in [1.807, 2.05) is 52.1 Å². The summed E-state index contributed by atoms with van der Waals surface area (Å²) in [4.78, 5) is 6.88. The molecule has 2 N–H and O–H groups in total. The van der Waals surface area contributed by atoms with Crippen molar-refractivity contribution in [2.45, 2.75) is 45.5 Å².